The number of aliphatic hydroxyl groups excluding tert-OH is 1. The summed E-state index contributed by atoms with van der Waals surface area (Å²) >= 11 is 0. The van der Waals surface area contributed by atoms with E-state index in [1.165, 1.54) is 11.4 Å². The standard InChI is InChI=1S/C11H19NO/c1-5-11(4,8-13)12-9(2)6-7-10(12)3/h6-7,13H,5,8H2,1-4H3. The minimum Gasteiger partial charge on any atom is -0.394 e. The second-order valence-corrected chi connectivity index (χ2v) is 3.96. The second-order valence-electron chi connectivity index (χ2n) is 3.96. The molecule has 0 aromatic carbocycles. The summed E-state index contributed by atoms with van der Waals surface area (Å²) in [6.45, 7) is 8.55. The molecule has 0 aliphatic carbocycles. The maximum atomic E-state index is 9.39. The van der Waals surface area contributed by atoms with E-state index >= 15 is 0 Å². The Labute approximate surface area is 80.2 Å². The van der Waals surface area contributed by atoms with Gasteiger partial charge in [-0.1, -0.05) is 6.92 Å². The molecule has 1 unspecified atom stereocenters. The van der Waals surface area contributed by atoms with E-state index in [1.807, 2.05) is 0 Å². The van der Waals surface area contributed by atoms with Crippen LogP contribution in [0, 0.1) is 13.8 Å². The molecule has 1 heterocycles. The van der Waals surface area contributed by atoms with Crippen molar-refractivity contribution in [3.8, 4) is 0 Å². The molecule has 74 valence electrons. The van der Waals surface area contributed by atoms with Crippen LogP contribution in [0.15, 0.2) is 12.1 Å². The van der Waals surface area contributed by atoms with Crippen LogP contribution in [0.3, 0.4) is 0 Å². The van der Waals surface area contributed by atoms with E-state index in [-0.39, 0.29) is 12.1 Å². The van der Waals surface area contributed by atoms with Gasteiger partial charge in [0.15, 0.2) is 0 Å². The minimum atomic E-state index is -0.141. The molecule has 0 radical (unpaired) electrons. The van der Waals surface area contributed by atoms with Crippen LogP contribution < -0.4 is 0 Å². The molecule has 0 amide bonds. The van der Waals surface area contributed by atoms with E-state index in [4.69, 9.17) is 0 Å². The molecule has 0 fully saturated rings. The summed E-state index contributed by atoms with van der Waals surface area (Å²) in [5.41, 5.74) is 2.30. The lowest BCUT2D eigenvalue weighted by molar-refractivity contribution is 0.140. The first kappa shape index (κ1) is 10.3. The molecule has 0 aliphatic rings. The Bertz CT molecular complexity index is 265. The Morgan fingerprint density at radius 1 is 1.31 bits per heavy atom. The van der Waals surface area contributed by atoms with E-state index < -0.39 is 0 Å². The van der Waals surface area contributed by atoms with Crippen molar-refractivity contribution in [2.24, 2.45) is 0 Å². The summed E-state index contributed by atoms with van der Waals surface area (Å²) in [6, 6.07) is 4.19. The van der Waals surface area contributed by atoms with Crippen molar-refractivity contribution in [2.75, 3.05) is 6.61 Å². The molecular weight excluding hydrogens is 162 g/mol. The van der Waals surface area contributed by atoms with E-state index in [2.05, 4.69) is 44.4 Å². The monoisotopic (exact) mass is 181 g/mol. The number of aliphatic hydroxyl groups is 1. The Morgan fingerprint density at radius 2 is 1.77 bits per heavy atom. The van der Waals surface area contributed by atoms with Crippen LogP contribution in [0.1, 0.15) is 31.7 Å². The summed E-state index contributed by atoms with van der Waals surface area (Å²) in [5, 5.41) is 9.39. The first-order valence-corrected chi connectivity index (χ1v) is 4.81. The predicted molar refractivity (Wildman–Crippen MR) is 54.9 cm³/mol. The van der Waals surface area contributed by atoms with Gasteiger partial charge in [0.1, 0.15) is 0 Å². The zero-order chi connectivity index (χ0) is 10.1. The van der Waals surface area contributed by atoms with Crippen molar-refractivity contribution in [2.45, 2.75) is 39.7 Å². The lowest BCUT2D eigenvalue weighted by Crippen LogP contribution is -2.34. The highest BCUT2D eigenvalue weighted by atomic mass is 16.3. The topological polar surface area (TPSA) is 25.2 Å². The number of hydrogen-bond donors (Lipinski definition) is 1. The fourth-order valence-corrected chi connectivity index (χ4v) is 1.86. The van der Waals surface area contributed by atoms with E-state index in [0.717, 1.165) is 6.42 Å². The quantitative estimate of drug-likeness (QED) is 0.760. The molecule has 2 heteroatoms. The molecular formula is C11H19NO. The molecule has 0 bridgehead atoms. The van der Waals surface area contributed by atoms with E-state index in [1.54, 1.807) is 0 Å². The fourth-order valence-electron chi connectivity index (χ4n) is 1.86. The molecule has 1 rings (SSSR count). The molecule has 13 heavy (non-hydrogen) atoms. The lowest BCUT2D eigenvalue weighted by atomic mass is 9.99. The molecule has 0 saturated carbocycles. The SMILES string of the molecule is CCC(C)(CO)n1c(C)ccc1C. The fraction of sp³-hybridized carbons (Fsp3) is 0.636. The van der Waals surface area contributed by atoms with Gasteiger partial charge in [0.2, 0.25) is 0 Å². The van der Waals surface area contributed by atoms with Crippen LogP contribution in [0.5, 0.6) is 0 Å². The minimum absolute atomic E-state index is 0.141. The first-order valence-electron chi connectivity index (χ1n) is 4.81. The second kappa shape index (κ2) is 3.54. The van der Waals surface area contributed by atoms with Crippen LogP contribution in [-0.2, 0) is 5.54 Å². The maximum absolute atomic E-state index is 9.39. The number of aryl methyl sites for hydroxylation is 2. The van der Waals surface area contributed by atoms with Gasteiger partial charge in [0, 0.05) is 11.4 Å². The maximum Gasteiger partial charge on any atom is 0.0664 e. The molecule has 1 aromatic rings. The largest absolute Gasteiger partial charge is 0.394 e. The van der Waals surface area contributed by atoms with Crippen molar-refractivity contribution in [1.29, 1.82) is 0 Å². The lowest BCUT2D eigenvalue weighted by Gasteiger charge is -2.31. The smallest absolute Gasteiger partial charge is 0.0664 e. The number of hydrogen-bond acceptors (Lipinski definition) is 1. The van der Waals surface area contributed by atoms with Gasteiger partial charge in [-0.15, -0.1) is 0 Å². The van der Waals surface area contributed by atoms with E-state index in [0.29, 0.717) is 0 Å². The van der Waals surface area contributed by atoms with Crippen LogP contribution in [0.2, 0.25) is 0 Å². The van der Waals surface area contributed by atoms with Gasteiger partial charge in [-0.2, -0.15) is 0 Å². The molecule has 1 aromatic heterocycles. The van der Waals surface area contributed by atoms with Crippen molar-refractivity contribution in [3.05, 3.63) is 23.5 Å². The Kier molecular flexibility index (Phi) is 2.81. The van der Waals surface area contributed by atoms with Gasteiger partial charge in [-0.3, -0.25) is 0 Å². The molecule has 1 N–H and O–H groups in total. The average molecular weight is 181 g/mol. The Balaban J connectivity index is 3.18. The highest BCUT2D eigenvalue weighted by molar-refractivity contribution is 5.17. The molecule has 0 spiro atoms. The molecule has 0 saturated heterocycles. The van der Waals surface area contributed by atoms with Crippen molar-refractivity contribution in [3.63, 3.8) is 0 Å². The van der Waals surface area contributed by atoms with Crippen LogP contribution in [0.25, 0.3) is 0 Å². The third kappa shape index (κ3) is 1.63. The third-order valence-corrected chi connectivity index (χ3v) is 2.91. The highest BCUT2D eigenvalue weighted by Gasteiger charge is 2.25. The van der Waals surface area contributed by atoms with Crippen molar-refractivity contribution < 1.29 is 5.11 Å². The number of nitrogens with zero attached hydrogens (tertiary/aromatic N) is 1. The van der Waals surface area contributed by atoms with Crippen LogP contribution in [0.4, 0.5) is 0 Å². The van der Waals surface area contributed by atoms with Gasteiger partial charge in [0.25, 0.3) is 0 Å². The zero-order valence-corrected chi connectivity index (χ0v) is 8.96. The highest BCUT2D eigenvalue weighted by Crippen LogP contribution is 2.24. The van der Waals surface area contributed by atoms with E-state index in [9.17, 15) is 5.11 Å². The summed E-state index contributed by atoms with van der Waals surface area (Å²) in [4.78, 5) is 0. The Morgan fingerprint density at radius 3 is 2.08 bits per heavy atom. The predicted octanol–water partition coefficient (Wildman–Crippen LogP) is 2.22. The van der Waals surface area contributed by atoms with Crippen LogP contribution >= 0.6 is 0 Å². The van der Waals surface area contributed by atoms with Gasteiger partial charge in [-0.05, 0) is 39.3 Å². The normalized spacial score (nSPS) is 15.8. The number of rotatable bonds is 3. The summed E-state index contributed by atoms with van der Waals surface area (Å²) in [5.74, 6) is 0. The number of aromatic nitrogens is 1. The molecule has 0 aliphatic heterocycles. The molecule has 1 atom stereocenters. The first-order chi connectivity index (χ1) is 6.05. The van der Waals surface area contributed by atoms with Gasteiger partial charge < -0.3 is 9.67 Å². The zero-order valence-electron chi connectivity index (χ0n) is 8.96. The van der Waals surface area contributed by atoms with Gasteiger partial charge >= 0.3 is 0 Å². The summed E-state index contributed by atoms with van der Waals surface area (Å²) < 4.78 is 2.22. The van der Waals surface area contributed by atoms with Crippen molar-refractivity contribution in [1.82, 2.24) is 4.57 Å². The average Bonchev–Trinajstić information content (AvgIpc) is 2.46. The summed E-state index contributed by atoms with van der Waals surface area (Å²) in [6.07, 6.45) is 0.944. The molecule has 2 nitrogen and oxygen atoms in total. The van der Waals surface area contributed by atoms with Gasteiger partial charge in [0.05, 0.1) is 12.1 Å². The van der Waals surface area contributed by atoms with Crippen molar-refractivity contribution >= 4 is 0 Å². The Hall–Kier alpha value is -0.760. The van der Waals surface area contributed by atoms with Gasteiger partial charge in [-0.25, -0.2) is 0 Å². The third-order valence-electron chi connectivity index (χ3n) is 2.91. The summed E-state index contributed by atoms with van der Waals surface area (Å²) in [7, 11) is 0. The van der Waals surface area contributed by atoms with Crippen LogP contribution in [-0.4, -0.2) is 16.3 Å².